The summed E-state index contributed by atoms with van der Waals surface area (Å²) in [6.07, 6.45) is 1.98. The molecule has 0 saturated carbocycles. The van der Waals surface area contributed by atoms with E-state index in [0.717, 1.165) is 12.8 Å². The molecular formula is C66H45BN2. The third-order valence-electron chi connectivity index (χ3n) is 15.8. The highest BCUT2D eigenvalue weighted by molar-refractivity contribution is 7.00. The minimum atomic E-state index is -0.0295. The average molecular weight is 877 g/mol. The highest BCUT2D eigenvalue weighted by Gasteiger charge is 2.44. The van der Waals surface area contributed by atoms with Crippen molar-refractivity contribution >= 4 is 143 Å². The van der Waals surface area contributed by atoms with Crippen LogP contribution in [0.25, 0.3) is 86.2 Å². The molecule has 2 heterocycles. The normalized spacial score (nSPS) is 13.1. The Morgan fingerprint density at radius 2 is 0.623 bits per heavy atom. The van der Waals surface area contributed by atoms with Crippen molar-refractivity contribution in [3.05, 3.63) is 223 Å². The van der Waals surface area contributed by atoms with Crippen LogP contribution in [0.5, 0.6) is 0 Å². The number of rotatable bonds is 4. The van der Waals surface area contributed by atoms with Crippen molar-refractivity contribution in [3.63, 3.8) is 0 Å². The lowest BCUT2D eigenvalue weighted by Crippen LogP contribution is -2.61. The zero-order valence-corrected chi connectivity index (χ0v) is 38.6. The number of anilines is 6. The van der Waals surface area contributed by atoms with Gasteiger partial charge in [0.25, 0.3) is 6.71 Å². The lowest BCUT2D eigenvalue weighted by Gasteiger charge is -2.44. The molecule has 2 aliphatic heterocycles. The van der Waals surface area contributed by atoms with Crippen molar-refractivity contribution in [2.75, 3.05) is 9.80 Å². The summed E-state index contributed by atoms with van der Waals surface area (Å²) in [7, 11) is 0. The molecule has 0 bridgehead atoms. The molecule has 0 spiro atoms. The summed E-state index contributed by atoms with van der Waals surface area (Å²) >= 11 is 0. The lowest BCUT2D eigenvalue weighted by atomic mass is 9.33. The molecule has 3 heteroatoms. The van der Waals surface area contributed by atoms with E-state index < -0.39 is 0 Å². The highest BCUT2D eigenvalue weighted by Crippen LogP contribution is 2.51. The first-order chi connectivity index (χ1) is 34.1. The number of nitrogens with zero attached hydrogens (tertiary/aromatic N) is 2. The topological polar surface area (TPSA) is 6.48 Å². The molecule has 0 N–H and O–H groups in total. The average Bonchev–Trinajstić information content (AvgIpc) is 3.41. The molecule has 322 valence electrons. The summed E-state index contributed by atoms with van der Waals surface area (Å²) in [4.78, 5) is 5.26. The standard InChI is InChI=1S/C66H45BN2/c1-3-40-30-32-42-38-62-56(36-44(42)34-40)67-57-37-45-35-41(4-2)31-33-43(45)39-63(57)69(59-27-14-25-55-51-19-8-6-17-47(51)49-21-10-12-23-53(49)65(55)59)61-29-15-28-60(66(61)67)68(62)58-26-13-24-54-50-18-7-5-16-46(50)48-20-9-11-22-52(48)64(54)58/h5-39H,3-4H2,1-2H3. The van der Waals surface area contributed by atoms with Crippen LogP contribution in [0.15, 0.2) is 212 Å². The Bertz CT molecular complexity index is 4010. The zero-order chi connectivity index (χ0) is 45.5. The summed E-state index contributed by atoms with van der Waals surface area (Å²) in [5, 5.41) is 20.4. The summed E-state index contributed by atoms with van der Waals surface area (Å²) in [5.74, 6) is 0. The molecule has 0 amide bonds. The van der Waals surface area contributed by atoms with Crippen molar-refractivity contribution in [2.45, 2.75) is 26.7 Å². The summed E-state index contributed by atoms with van der Waals surface area (Å²) in [6.45, 7) is 4.50. The van der Waals surface area contributed by atoms with E-state index in [2.05, 4.69) is 236 Å². The second-order valence-corrected chi connectivity index (χ2v) is 19.3. The number of hydrogen-bond donors (Lipinski definition) is 0. The Hall–Kier alpha value is -8.40. The van der Waals surface area contributed by atoms with Gasteiger partial charge in [-0.05, 0) is 152 Å². The molecule has 0 unspecified atom stereocenters. The Morgan fingerprint density at radius 1 is 0.290 bits per heavy atom. The van der Waals surface area contributed by atoms with Crippen molar-refractivity contribution in [3.8, 4) is 0 Å². The van der Waals surface area contributed by atoms with Gasteiger partial charge in [0.1, 0.15) is 0 Å². The second-order valence-electron chi connectivity index (χ2n) is 19.3. The van der Waals surface area contributed by atoms with Crippen LogP contribution in [0.2, 0.25) is 0 Å². The van der Waals surface area contributed by atoms with E-state index in [1.54, 1.807) is 0 Å². The van der Waals surface area contributed by atoms with Crippen LogP contribution in [0, 0.1) is 0 Å². The predicted octanol–water partition coefficient (Wildman–Crippen LogP) is 16.1. The maximum absolute atomic E-state index is 2.63. The molecule has 0 aromatic heterocycles. The SMILES string of the molecule is CCc1ccc2cc3c(cc2c1)B1c2cc4cc(CC)ccc4cc2N(c2cccc4c5ccccc5c5ccccc5c24)c2cccc(c21)N3c1cccc2c3ccccc3c3ccccc3c12. The fourth-order valence-corrected chi connectivity index (χ4v) is 12.7. The van der Waals surface area contributed by atoms with E-state index in [1.807, 2.05) is 0 Å². The van der Waals surface area contributed by atoms with Gasteiger partial charge in [0.2, 0.25) is 0 Å². The van der Waals surface area contributed by atoms with Crippen LogP contribution >= 0.6 is 0 Å². The van der Waals surface area contributed by atoms with Crippen LogP contribution in [0.1, 0.15) is 25.0 Å². The zero-order valence-electron chi connectivity index (χ0n) is 38.6. The van der Waals surface area contributed by atoms with Gasteiger partial charge in [0, 0.05) is 33.5 Å². The Balaban J connectivity index is 1.11. The first-order valence-corrected chi connectivity index (χ1v) is 24.7. The molecule has 13 aromatic carbocycles. The number of hydrogen-bond acceptors (Lipinski definition) is 2. The fourth-order valence-electron chi connectivity index (χ4n) is 12.7. The fraction of sp³-hybridized carbons (Fsp3) is 0.0606. The number of fused-ring (bicyclic) bond motifs is 18. The van der Waals surface area contributed by atoms with Crippen molar-refractivity contribution < 1.29 is 0 Å². The predicted molar refractivity (Wildman–Crippen MR) is 299 cm³/mol. The van der Waals surface area contributed by atoms with Crippen molar-refractivity contribution in [2.24, 2.45) is 0 Å². The Morgan fingerprint density at radius 3 is 1.01 bits per heavy atom. The van der Waals surface area contributed by atoms with Crippen molar-refractivity contribution in [1.82, 2.24) is 0 Å². The minimum absolute atomic E-state index is 0.0295. The number of benzene rings is 13. The third-order valence-corrected chi connectivity index (χ3v) is 15.8. The van der Waals surface area contributed by atoms with Crippen LogP contribution in [-0.2, 0) is 12.8 Å². The van der Waals surface area contributed by atoms with E-state index >= 15 is 0 Å². The molecule has 0 aliphatic carbocycles. The van der Waals surface area contributed by atoms with E-state index in [0.29, 0.717) is 0 Å². The van der Waals surface area contributed by atoms with Gasteiger partial charge < -0.3 is 9.80 Å². The molecular weight excluding hydrogens is 832 g/mol. The highest BCUT2D eigenvalue weighted by atomic mass is 15.2. The van der Waals surface area contributed by atoms with Crippen LogP contribution in [-0.4, -0.2) is 6.71 Å². The van der Waals surface area contributed by atoms with Gasteiger partial charge in [0.15, 0.2) is 0 Å². The van der Waals surface area contributed by atoms with Gasteiger partial charge in [-0.2, -0.15) is 0 Å². The van der Waals surface area contributed by atoms with Gasteiger partial charge in [-0.1, -0.05) is 190 Å². The largest absolute Gasteiger partial charge is 0.311 e. The van der Waals surface area contributed by atoms with E-state index in [9.17, 15) is 0 Å². The minimum Gasteiger partial charge on any atom is -0.311 e. The molecule has 2 nitrogen and oxygen atoms in total. The first kappa shape index (κ1) is 38.7. The van der Waals surface area contributed by atoms with Gasteiger partial charge in [0.05, 0.1) is 11.4 Å². The third kappa shape index (κ3) is 5.39. The molecule has 15 rings (SSSR count). The Labute approximate surface area is 401 Å². The monoisotopic (exact) mass is 876 g/mol. The maximum atomic E-state index is 2.63. The summed E-state index contributed by atoms with van der Waals surface area (Å²) in [5.41, 5.74) is 14.0. The Kier molecular flexibility index (Phi) is 8.16. The van der Waals surface area contributed by atoms with Gasteiger partial charge in [-0.15, -0.1) is 0 Å². The summed E-state index contributed by atoms with van der Waals surface area (Å²) in [6, 6.07) is 81.2. The second kappa shape index (κ2) is 14.6. The molecule has 0 fully saturated rings. The van der Waals surface area contributed by atoms with Crippen LogP contribution in [0.4, 0.5) is 34.1 Å². The number of aryl methyl sites for hydroxylation is 2. The molecule has 69 heavy (non-hydrogen) atoms. The first-order valence-electron chi connectivity index (χ1n) is 24.7. The van der Waals surface area contributed by atoms with E-state index in [-0.39, 0.29) is 6.71 Å². The summed E-state index contributed by atoms with van der Waals surface area (Å²) < 4.78 is 0. The van der Waals surface area contributed by atoms with E-state index in [1.165, 1.54) is 148 Å². The molecule has 0 saturated heterocycles. The van der Waals surface area contributed by atoms with Crippen molar-refractivity contribution in [1.29, 1.82) is 0 Å². The van der Waals surface area contributed by atoms with Gasteiger partial charge >= 0.3 is 0 Å². The maximum Gasteiger partial charge on any atom is 0.252 e. The van der Waals surface area contributed by atoms with Crippen LogP contribution in [0.3, 0.4) is 0 Å². The van der Waals surface area contributed by atoms with Gasteiger partial charge in [-0.3, -0.25) is 0 Å². The lowest BCUT2D eigenvalue weighted by molar-refractivity contribution is 1.15. The van der Waals surface area contributed by atoms with Gasteiger partial charge in [-0.25, -0.2) is 0 Å². The molecule has 0 radical (unpaired) electrons. The van der Waals surface area contributed by atoms with E-state index in [4.69, 9.17) is 0 Å². The quantitative estimate of drug-likeness (QED) is 0.128. The molecule has 2 aliphatic rings. The smallest absolute Gasteiger partial charge is 0.252 e. The van der Waals surface area contributed by atoms with Crippen LogP contribution < -0.4 is 26.2 Å². The molecule has 13 aromatic rings. The molecule has 0 atom stereocenters.